The van der Waals surface area contributed by atoms with Crippen molar-refractivity contribution in [1.82, 2.24) is 0 Å². The molecule has 0 saturated heterocycles. The zero-order chi connectivity index (χ0) is 10.5. The number of benzene rings is 1. The predicted octanol–water partition coefficient (Wildman–Crippen LogP) is 3.48. The molecule has 0 aromatic heterocycles. The van der Waals surface area contributed by atoms with Crippen LogP contribution in [-0.2, 0) is 11.2 Å². The van der Waals surface area contributed by atoms with Gasteiger partial charge in [-0.05, 0) is 36.3 Å². The van der Waals surface area contributed by atoms with E-state index in [2.05, 4.69) is 24.3 Å². The van der Waals surface area contributed by atoms with E-state index in [1.165, 1.54) is 36.8 Å². The van der Waals surface area contributed by atoms with E-state index < -0.39 is 0 Å². The van der Waals surface area contributed by atoms with Crippen LogP contribution in [0.1, 0.15) is 49.1 Å². The third-order valence-corrected chi connectivity index (χ3v) is 3.36. The molecule has 1 nitrogen and oxygen atoms in total. The number of carbonyl (C=O) groups excluding carboxylic acids is 1. The van der Waals surface area contributed by atoms with Crippen LogP contribution in [0.15, 0.2) is 24.3 Å². The maximum Gasteiger partial charge on any atom is 0.120 e. The van der Waals surface area contributed by atoms with Crippen LogP contribution in [0.3, 0.4) is 0 Å². The average Bonchev–Trinajstić information content (AvgIpc) is 2.80. The summed E-state index contributed by atoms with van der Waals surface area (Å²) in [7, 11) is 0. The van der Waals surface area contributed by atoms with Gasteiger partial charge in [0.05, 0.1) is 0 Å². The van der Waals surface area contributed by atoms with E-state index in [0.29, 0.717) is 6.42 Å². The lowest BCUT2D eigenvalue weighted by atomic mass is 9.96. The molecule has 1 fully saturated rings. The molecule has 1 saturated carbocycles. The highest BCUT2D eigenvalue weighted by Gasteiger charge is 2.16. The van der Waals surface area contributed by atoms with Gasteiger partial charge < -0.3 is 4.79 Å². The van der Waals surface area contributed by atoms with Crippen LogP contribution < -0.4 is 0 Å². The summed E-state index contributed by atoms with van der Waals surface area (Å²) in [5, 5.41) is 0. The van der Waals surface area contributed by atoms with Crippen LogP contribution in [0.5, 0.6) is 0 Å². The Bertz CT molecular complexity index is 307. The van der Waals surface area contributed by atoms with Gasteiger partial charge >= 0.3 is 0 Å². The molecule has 1 aromatic carbocycles. The first-order valence-corrected chi connectivity index (χ1v) is 5.92. The Kier molecular flexibility index (Phi) is 3.54. The second kappa shape index (κ2) is 5.11. The van der Waals surface area contributed by atoms with E-state index in [0.717, 1.165) is 18.6 Å². The first-order chi connectivity index (χ1) is 7.40. The van der Waals surface area contributed by atoms with Crippen LogP contribution >= 0.6 is 0 Å². The normalized spacial score (nSPS) is 16.8. The van der Waals surface area contributed by atoms with Gasteiger partial charge in [-0.3, -0.25) is 0 Å². The zero-order valence-electron chi connectivity index (χ0n) is 9.11. The minimum atomic E-state index is 0.642. The summed E-state index contributed by atoms with van der Waals surface area (Å²) in [5.74, 6) is 0.796. The molecule has 0 unspecified atom stereocenters. The number of hydrogen-bond acceptors (Lipinski definition) is 1. The summed E-state index contributed by atoms with van der Waals surface area (Å²) >= 11 is 0. The van der Waals surface area contributed by atoms with Crippen molar-refractivity contribution in [2.45, 2.75) is 44.4 Å². The summed E-state index contributed by atoms with van der Waals surface area (Å²) in [5.41, 5.74) is 2.77. The fourth-order valence-corrected chi connectivity index (χ4v) is 2.44. The highest BCUT2D eigenvalue weighted by molar-refractivity contribution is 5.50. The molecular weight excluding hydrogens is 184 g/mol. The lowest BCUT2D eigenvalue weighted by molar-refractivity contribution is -0.107. The molecule has 80 valence electrons. The van der Waals surface area contributed by atoms with E-state index in [1.807, 2.05) is 0 Å². The van der Waals surface area contributed by atoms with Gasteiger partial charge in [0, 0.05) is 6.42 Å². The second-order valence-electron chi connectivity index (χ2n) is 4.43. The van der Waals surface area contributed by atoms with Crippen molar-refractivity contribution in [3.05, 3.63) is 35.4 Å². The minimum absolute atomic E-state index is 0.642. The topological polar surface area (TPSA) is 17.1 Å². The standard InChI is InChI=1S/C14H18O/c15-11-3-4-12-7-9-14(10-8-12)13-5-1-2-6-13/h7-11,13H,1-6H2. The van der Waals surface area contributed by atoms with Gasteiger partial charge in [-0.2, -0.15) is 0 Å². The fraction of sp³-hybridized carbons (Fsp3) is 0.500. The van der Waals surface area contributed by atoms with Crippen molar-refractivity contribution in [1.29, 1.82) is 0 Å². The molecule has 1 aliphatic rings. The monoisotopic (exact) mass is 202 g/mol. The van der Waals surface area contributed by atoms with E-state index >= 15 is 0 Å². The van der Waals surface area contributed by atoms with Crippen molar-refractivity contribution in [3.8, 4) is 0 Å². The number of rotatable bonds is 4. The van der Waals surface area contributed by atoms with E-state index in [4.69, 9.17) is 0 Å². The number of carbonyl (C=O) groups is 1. The van der Waals surface area contributed by atoms with Crippen molar-refractivity contribution in [3.63, 3.8) is 0 Å². The Morgan fingerprint density at radius 1 is 1.13 bits per heavy atom. The molecule has 0 radical (unpaired) electrons. The van der Waals surface area contributed by atoms with Gasteiger partial charge in [0.1, 0.15) is 6.29 Å². The molecule has 15 heavy (non-hydrogen) atoms. The summed E-state index contributed by atoms with van der Waals surface area (Å²) in [6.07, 6.45) is 8.00. The summed E-state index contributed by atoms with van der Waals surface area (Å²) in [6.45, 7) is 0. The molecule has 1 aliphatic carbocycles. The lowest BCUT2D eigenvalue weighted by Crippen LogP contribution is -1.93. The predicted molar refractivity (Wildman–Crippen MR) is 62.0 cm³/mol. The van der Waals surface area contributed by atoms with Crippen molar-refractivity contribution in [2.75, 3.05) is 0 Å². The number of hydrogen-bond donors (Lipinski definition) is 0. The largest absolute Gasteiger partial charge is 0.303 e. The van der Waals surface area contributed by atoms with Crippen LogP contribution in [0, 0.1) is 0 Å². The van der Waals surface area contributed by atoms with Crippen LogP contribution in [0.4, 0.5) is 0 Å². The molecule has 0 heterocycles. The fourth-order valence-electron chi connectivity index (χ4n) is 2.44. The molecular formula is C14H18O. The van der Waals surface area contributed by atoms with Gasteiger partial charge in [0.15, 0.2) is 0 Å². The second-order valence-corrected chi connectivity index (χ2v) is 4.43. The quantitative estimate of drug-likeness (QED) is 0.683. The Labute approximate surface area is 91.5 Å². The maximum atomic E-state index is 10.3. The van der Waals surface area contributed by atoms with Crippen molar-refractivity contribution < 1.29 is 4.79 Å². The molecule has 1 aromatic rings. The van der Waals surface area contributed by atoms with Gasteiger partial charge in [-0.1, -0.05) is 37.1 Å². The van der Waals surface area contributed by atoms with Crippen LogP contribution in [-0.4, -0.2) is 6.29 Å². The Morgan fingerprint density at radius 2 is 1.80 bits per heavy atom. The first-order valence-electron chi connectivity index (χ1n) is 5.92. The molecule has 2 rings (SSSR count). The third kappa shape index (κ3) is 2.68. The maximum absolute atomic E-state index is 10.3. The molecule has 0 bridgehead atoms. The molecule has 1 heteroatoms. The summed E-state index contributed by atoms with van der Waals surface area (Å²) in [4.78, 5) is 10.3. The smallest absolute Gasteiger partial charge is 0.120 e. The minimum Gasteiger partial charge on any atom is -0.303 e. The highest BCUT2D eigenvalue weighted by Crippen LogP contribution is 2.33. The van der Waals surface area contributed by atoms with Crippen LogP contribution in [0.25, 0.3) is 0 Å². The van der Waals surface area contributed by atoms with Gasteiger partial charge in [0.2, 0.25) is 0 Å². The average molecular weight is 202 g/mol. The zero-order valence-corrected chi connectivity index (χ0v) is 9.11. The molecule has 0 atom stereocenters. The molecule has 0 aliphatic heterocycles. The molecule has 0 amide bonds. The summed E-state index contributed by atoms with van der Waals surface area (Å²) < 4.78 is 0. The third-order valence-electron chi connectivity index (χ3n) is 3.36. The van der Waals surface area contributed by atoms with E-state index in [9.17, 15) is 4.79 Å². The van der Waals surface area contributed by atoms with Gasteiger partial charge in [-0.15, -0.1) is 0 Å². The number of aldehydes is 1. The van der Waals surface area contributed by atoms with E-state index in [-0.39, 0.29) is 0 Å². The van der Waals surface area contributed by atoms with Crippen LogP contribution in [0.2, 0.25) is 0 Å². The van der Waals surface area contributed by atoms with Crippen molar-refractivity contribution in [2.24, 2.45) is 0 Å². The molecule has 0 N–H and O–H groups in total. The Hall–Kier alpha value is -1.11. The molecule has 0 spiro atoms. The highest BCUT2D eigenvalue weighted by atomic mass is 16.1. The lowest BCUT2D eigenvalue weighted by Gasteiger charge is -2.09. The van der Waals surface area contributed by atoms with Gasteiger partial charge in [0.25, 0.3) is 0 Å². The Morgan fingerprint density at radius 3 is 2.40 bits per heavy atom. The number of aryl methyl sites for hydroxylation is 1. The summed E-state index contributed by atoms with van der Waals surface area (Å²) in [6, 6.07) is 8.85. The first kappa shape index (κ1) is 10.4. The van der Waals surface area contributed by atoms with Gasteiger partial charge in [-0.25, -0.2) is 0 Å². The Balaban J connectivity index is 1.99. The van der Waals surface area contributed by atoms with Crippen molar-refractivity contribution >= 4 is 6.29 Å². The van der Waals surface area contributed by atoms with E-state index in [1.54, 1.807) is 0 Å². The SMILES string of the molecule is O=CCCc1ccc(C2CCCC2)cc1.